The Kier molecular flexibility index (Phi) is 2.23. The topological polar surface area (TPSA) is 13.1 Å². The maximum Gasteiger partial charge on any atom is 0.136 e. The maximum absolute atomic E-state index is 5.37. The van der Waals surface area contributed by atoms with Crippen molar-refractivity contribution in [1.29, 1.82) is 0 Å². The molecule has 0 atom stereocenters. The zero-order chi connectivity index (χ0) is 9.26. The van der Waals surface area contributed by atoms with Gasteiger partial charge in [0.15, 0.2) is 0 Å². The summed E-state index contributed by atoms with van der Waals surface area (Å²) in [7, 11) is 0. The van der Waals surface area contributed by atoms with Crippen molar-refractivity contribution in [2.75, 3.05) is 0 Å². The molecule has 0 saturated carbocycles. The number of rotatable bonds is 1. The van der Waals surface area contributed by atoms with Gasteiger partial charge in [-0.15, -0.1) is 0 Å². The smallest absolute Gasteiger partial charge is 0.136 e. The molecule has 2 aromatic rings. The van der Waals surface area contributed by atoms with Gasteiger partial charge in [-0.2, -0.15) is 0 Å². The molecule has 1 nitrogen and oxygen atoms in total. The molecule has 0 unspecified atom stereocenters. The van der Waals surface area contributed by atoms with Gasteiger partial charge in [-0.25, -0.2) is 0 Å². The second-order valence-electron chi connectivity index (χ2n) is 2.94. The van der Waals surface area contributed by atoms with Crippen molar-refractivity contribution in [2.24, 2.45) is 0 Å². The fourth-order valence-electron chi connectivity index (χ4n) is 1.27. The van der Waals surface area contributed by atoms with E-state index in [0.29, 0.717) is 0 Å². The molecule has 0 radical (unpaired) electrons. The third-order valence-electron chi connectivity index (χ3n) is 1.97. The van der Waals surface area contributed by atoms with E-state index in [-0.39, 0.29) is 0 Å². The normalized spacial score (nSPS) is 10.3. The Morgan fingerprint density at radius 1 is 1.08 bits per heavy atom. The van der Waals surface area contributed by atoms with Crippen molar-refractivity contribution >= 4 is 15.9 Å². The number of furan rings is 1. The van der Waals surface area contributed by atoms with E-state index >= 15 is 0 Å². The van der Waals surface area contributed by atoms with Crippen LogP contribution in [0.1, 0.15) is 5.56 Å². The first-order valence-electron chi connectivity index (χ1n) is 4.07. The van der Waals surface area contributed by atoms with E-state index in [4.69, 9.17) is 4.42 Å². The quantitative estimate of drug-likeness (QED) is 0.730. The number of aryl methyl sites for hydroxylation is 1. The van der Waals surface area contributed by atoms with E-state index in [9.17, 15) is 0 Å². The minimum atomic E-state index is 0.951. The average Bonchev–Trinajstić information content (AvgIpc) is 2.53. The number of hydrogen-bond acceptors (Lipinski definition) is 1. The van der Waals surface area contributed by atoms with E-state index in [0.717, 1.165) is 15.8 Å². The molecule has 1 aromatic heterocycles. The summed E-state index contributed by atoms with van der Waals surface area (Å²) in [4.78, 5) is 0. The molecule has 0 bridgehead atoms. The zero-order valence-electron chi connectivity index (χ0n) is 7.25. The van der Waals surface area contributed by atoms with Crippen LogP contribution < -0.4 is 0 Å². The highest BCUT2D eigenvalue weighted by Crippen LogP contribution is 2.25. The maximum atomic E-state index is 5.37. The van der Waals surface area contributed by atoms with Crippen LogP contribution in [0, 0.1) is 6.92 Å². The number of hydrogen-bond donors (Lipinski definition) is 0. The van der Waals surface area contributed by atoms with Gasteiger partial charge in [0.2, 0.25) is 0 Å². The highest BCUT2D eigenvalue weighted by atomic mass is 79.9. The Morgan fingerprint density at radius 3 is 2.31 bits per heavy atom. The monoisotopic (exact) mass is 236 g/mol. The summed E-state index contributed by atoms with van der Waals surface area (Å²) in [5, 5.41) is 0. The lowest BCUT2D eigenvalue weighted by atomic mass is 10.1. The molecule has 0 aliphatic carbocycles. The first kappa shape index (κ1) is 8.57. The summed E-state index contributed by atoms with van der Waals surface area (Å²) in [5.74, 6) is 0.951. The van der Waals surface area contributed by atoms with Crippen molar-refractivity contribution in [3.63, 3.8) is 0 Å². The van der Waals surface area contributed by atoms with Crippen LogP contribution in [0.4, 0.5) is 0 Å². The minimum Gasteiger partial charge on any atom is -0.464 e. The van der Waals surface area contributed by atoms with E-state index in [1.165, 1.54) is 5.56 Å². The van der Waals surface area contributed by atoms with Crippen molar-refractivity contribution in [3.05, 3.63) is 46.6 Å². The molecule has 1 aromatic carbocycles. The average molecular weight is 237 g/mol. The van der Waals surface area contributed by atoms with Gasteiger partial charge in [-0.3, -0.25) is 0 Å². The second kappa shape index (κ2) is 3.38. The van der Waals surface area contributed by atoms with Crippen LogP contribution in [0.2, 0.25) is 0 Å². The predicted molar refractivity (Wildman–Crippen MR) is 56.6 cm³/mol. The van der Waals surface area contributed by atoms with Crippen molar-refractivity contribution in [3.8, 4) is 11.3 Å². The molecular weight excluding hydrogens is 228 g/mol. The van der Waals surface area contributed by atoms with E-state index < -0.39 is 0 Å². The molecule has 1 heterocycles. The fourth-order valence-corrected chi connectivity index (χ4v) is 1.53. The van der Waals surface area contributed by atoms with Gasteiger partial charge in [0, 0.05) is 10.0 Å². The number of benzene rings is 1. The van der Waals surface area contributed by atoms with Gasteiger partial charge in [0.05, 0.1) is 6.26 Å². The summed E-state index contributed by atoms with van der Waals surface area (Å²) < 4.78 is 6.46. The van der Waals surface area contributed by atoms with Crippen molar-refractivity contribution < 1.29 is 4.42 Å². The van der Waals surface area contributed by atoms with Crippen LogP contribution >= 0.6 is 15.9 Å². The number of halogens is 1. The van der Waals surface area contributed by atoms with Gasteiger partial charge in [0.25, 0.3) is 0 Å². The molecule has 0 fully saturated rings. The Hall–Kier alpha value is -1.02. The van der Waals surface area contributed by atoms with E-state index in [2.05, 4.69) is 15.9 Å². The molecular formula is C11H9BrO. The Morgan fingerprint density at radius 2 is 1.77 bits per heavy atom. The van der Waals surface area contributed by atoms with E-state index in [1.807, 2.05) is 37.3 Å². The van der Waals surface area contributed by atoms with Crippen LogP contribution in [-0.4, -0.2) is 0 Å². The van der Waals surface area contributed by atoms with E-state index in [1.54, 1.807) is 6.26 Å². The van der Waals surface area contributed by atoms with Gasteiger partial charge < -0.3 is 4.42 Å². The van der Waals surface area contributed by atoms with Crippen molar-refractivity contribution in [1.82, 2.24) is 0 Å². The van der Waals surface area contributed by atoms with Crippen LogP contribution in [0.15, 0.2) is 45.5 Å². The molecule has 66 valence electrons. The summed E-state index contributed by atoms with van der Waals surface area (Å²) in [5.41, 5.74) is 2.29. The Labute approximate surface area is 85.5 Å². The molecule has 13 heavy (non-hydrogen) atoms. The van der Waals surface area contributed by atoms with Crippen LogP contribution in [-0.2, 0) is 0 Å². The predicted octanol–water partition coefficient (Wildman–Crippen LogP) is 4.02. The summed E-state index contributed by atoms with van der Waals surface area (Å²) in [6.07, 6.45) is 1.71. The van der Waals surface area contributed by atoms with Gasteiger partial charge in [-0.05, 0) is 30.7 Å². The molecule has 0 aliphatic heterocycles. The molecule has 0 spiro atoms. The summed E-state index contributed by atoms with van der Waals surface area (Å²) in [6, 6.07) is 10.1. The molecule has 0 aliphatic rings. The lowest BCUT2D eigenvalue weighted by Crippen LogP contribution is -1.75. The largest absolute Gasteiger partial charge is 0.464 e. The van der Waals surface area contributed by atoms with Crippen LogP contribution in [0.5, 0.6) is 0 Å². The molecule has 2 rings (SSSR count). The molecule has 0 N–H and O–H groups in total. The van der Waals surface area contributed by atoms with Gasteiger partial charge in [0.1, 0.15) is 5.76 Å². The van der Waals surface area contributed by atoms with Crippen LogP contribution in [0.3, 0.4) is 0 Å². The highest BCUT2D eigenvalue weighted by molar-refractivity contribution is 9.10. The lowest BCUT2D eigenvalue weighted by Gasteiger charge is -1.98. The third-order valence-corrected chi connectivity index (χ3v) is 2.50. The van der Waals surface area contributed by atoms with Gasteiger partial charge in [-0.1, -0.05) is 28.1 Å². The Balaban J connectivity index is 2.47. The molecule has 2 heteroatoms. The first-order valence-corrected chi connectivity index (χ1v) is 4.87. The standard InChI is InChI=1S/C11H9BrO/c1-8-6-7-13-11(8)9-2-4-10(12)5-3-9/h2-7H,1H3. The van der Waals surface area contributed by atoms with Crippen LogP contribution in [0.25, 0.3) is 11.3 Å². The second-order valence-corrected chi connectivity index (χ2v) is 3.86. The SMILES string of the molecule is Cc1ccoc1-c1ccc(Br)cc1. The molecule has 0 amide bonds. The fraction of sp³-hybridized carbons (Fsp3) is 0.0909. The zero-order valence-corrected chi connectivity index (χ0v) is 8.84. The van der Waals surface area contributed by atoms with Gasteiger partial charge >= 0.3 is 0 Å². The lowest BCUT2D eigenvalue weighted by molar-refractivity contribution is 0.581. The van der Waals surface area contributed by atoms with Crippen molar-refractivity contribution in [2.45, 2.75) is 6.92 Å². The first-order chi connectivity index (χ1) is 6.27. The highest BCUT2D eigenvalue weighted by Gasteiger charge is 2.03. The third kappa shape index (κ3) is 1.68. The summed E-state index contributed by atoms with van der Waals surface area (Å²) in [6.45, 7) is 2.04. The Bertz CT molecular complexity index is 400. The summed E-state index contributed by atoms with van der Waals surface area (Å²) >= 11 is 3.40. The molecule has 0 saturated heterocycles. The minimum absolute atomic E-state index is 0.951.